The van der Waals surface area contributed by atoms with E-state index in [2.05, 4.69) is 21.1 Å². The first kappa shape index (κ1) is 8.72. The first-order valence-electron chi connectivity index (χ1n) is 5.36. The van der Waals surface area contributed by atoms with Gasteiger partial charge in [-0.15, -0.1) is 0 Å². The molecule has 3 rings (SSSR count). The van der Waals surface area contributed by atoms with Crippen LogP contribution in [0.5, 0.6) is 0 Å². The summed E-state index contributed by atoms with van der Waals surface area (Å²) in [5.74, 6) is 1.63. The van der Waals surface area contributed by atoms with E-state index in [9.17, 15) is 0 Å². The van der Waals surface area contributed by atoms with Crippen molar-refractivity contribution < 1.29 is 4.52 Å². The molecule has 5 heteroatoms. The van der Waals surface area contributed by atoms with Gasteiger partial charge in [-0.05, 0) is 24.4 Å². The second kappa shape index (κ2) is 3.23. The first-order valence-corrected chi connectivity index (χ1v) is 5.36. The highest BCUT2D eigenvalue weighted by molar-refractivity contribution is 5.30. The van der Waals surface area contributed by atoms with Crippen molar-refractivity contribution >= 4 is 5.95 Å². The first-order chi connectivity index (χ1) is 7.38. The van der Waals surface area contributed by atoms with Gasteiger partial charge in [0.1, 0.15) is 0 Å². The Labute approximate surface area is 87.7 Å². The molecule has 2 atom stereocenters. The van der Waals surface area contributed by atoms with E-state index in [4.69, 9.17) is 9.78 Å². The lowest BCUT2D eigenvalue weighted by atomic mass is 10.3. The van der Waals surface area contributed by atoms with E-state index in [0.717, 1.165) is 19.5 Å². The van der Waals surface area contributed by atoms with Crippen molar-refractivity contribution in [3.8, 4) is 6.07 Å². The summed E-state index contributed by atoms with van der Waals surface area (Å²) >= 11 is 0. The minimum atomic E-state index is 0.0943. The third-order valence-electron chi connectivity index (χ3n) is 3.09. The van der Waals surface area contributed by atoms with Gasteiger partial charge in [0.25, 0.3) is 5.95 Å². The van der Waals surface area contributed by atoms with Gasteiger partial charge in [-0.1, -0.05) is 0 Å². The van der Waals surface area contributed by atoms with Gasteiger partial charge < -0.3 is 9.42 Å². The molecule has 0 amide bonds. The smallest absolute Gasteiger partial charge is 0.266 e. The van der Waals surface area contributed by atoms with E-state index in [1.807, 2.05) is 0 Å². The van der Waals surface area contributed by atoms with Gasteiger partial charge in [0.05, 0.1) is 17.9 Å². The summed E-state index contributed by atoms with van der Waals surface area (Å²) in [7, 11) is 0. The summed E-state index contributed by atoms with van der Waals surface area (Å²) in [4.78, 5) is 6.49. The molecule has 1 saturated carbocycles. The lowest BCUT2D eigenvalue weighted by molar-refractivity contribution is 0.377. The molecular formula is C10H12N4O. The van der Waals surface area contributed by atoms with Crippen molar-refractivity contribution in [2.45, 2.75) is 25.2 Å². The maximum absolute atomic E-state index is 8.71. The highest BCUT2D eigenvalue weighted by atomic mass is 16.5. The summed E-state index contributed by atoms with van der Waals surface area (Å²) in [5, 5.41) is 12.7. The predicted octanol–water partition coefficient (Wildman–Crippen LogP) is 1.30. The average Bonchev–Trinajstić information content (AvgIpc) is 2.73. The molecule has 0 bridgehead atoms. The quantitative estimate of drug-likeness (QED) is 0.726. The fraction of sp³-hybridized carbons (Fsp3) is 0.700. The van der Waals surface area contributed by atoms with Gasteiger partial charge in [-0.3, -0.25) is 0 Å². The number of rotatable bonds is 2. The fourth-order valence-electron chi connectivity index (χ4n) is 2.03. The molecule has 2 fully saturated rings. The molecule has 0 radical (unpaired) electrons. The SMILES string of the molecule is N#CC1CC1c1nc(N2CCCC2)no1. The third-order valence-corrected chi connectivity index (χ3v) is 3.09. The van der Waals surface area contributed by atoms with Crippen molar-refractivity contribution in [2.24, 2.45) is 5.92 Å². The summed E-state index contributed by atoms with van der Waals surface area (Å²) in [5.41, 5.74) is 0. The minimum absolute atomic E-state index is 0.0943. The zero-order chi connectivity index (χ0) is 10.3. The molecule has 0 aromatic carbocycles. The number of hydrogen-bond donors (Lipinski definition) is 0. The molecule has 15 heavy (non-hydrogen) atoms. The van der Waals surface area contributed by atoms with Crippen LogP contribution in [0, 0.1) is 17.2 Å². The average molecular weight is 204 g/mol. The highest BCUT2D eigenvalue weighted by Gasteiger charge is 2.43. The Kier molecular flexibility index (Phi) is 1.88. The Hall–Kier alpha value is -1.57. The molecule has 2 heterocycles. The van der Waals surface area contributed by atoms with Crippen molar-refractivity contribution in [3.05, 3.63) is 5.89 Å². The summed E-state index contributed by atoms with van der Waals surface area (Å²) in [6, 6.07) is 2.22. The standard InChI is InChI=1S/C10H12N4O/c11-6-7-5-8(7)9-12-10(13-15-9)14-3-1-2-4-14/h7-8H,1-5H2. The zero-order valence-electron chi connectivity index (χ0n) is 8.39. The van der Waals surface area contributed by atoms with Crippen molar-refractivity contribution in [2.75, 3.05) is 18.0 Å². The number of hydrogen-bond acceptors (Lipinski definition) is 5. The Morgan fingerprint density at radius 2 is 2.20 bits per heavy atom. The molecule has 5 nitrogen and oxygen atoms in total. The molecule has 0 N–H and O–H groups in total. The Morgan fingerprint density at radius 3 is 2.87 bits per heavy atom. The van der Waals surface area contributed by atoms with E-state index < -0.39 is 0 Å². The lowest BCUT2D eigenvalue weighted by Crippen LogP contribution is -2.18. The molecule has 2 aliphatic rings. The zero-order valence-corrected chi connectivity index (χ0v) is 8.39. The van der Waals surface area contributed by atoms with Crippen LogP contribution in [0.3, 0.4) is 0 Å². The number of aromatic nitrogens is 2. The monoisotopic (exact) mass is 204 g/mol. The second-order valence-electron chi connectivity index (χ2n) is 4.20. The van der Waals surface area contributed by atoms with Crippen LogP contribution < -0.4 is 4.90 Å². The molecule has 1 aliphatic carbocycles. The Bertz CT molecular complexity index is 402. The van der Waals surface area contributed by atoms with Crippen molar-refractivity contribution in [1.29, 1.82) is 5.26 Å². The molecule has 1 aliphatic heterocycles. The largest absolute Gasteiger partial charge is 0.338 e. The number of nitrogens with zero attached hydrogens (tertiary/aromatic N) is 4. The van der Waals surface area contributed by atoms with Gasteiger partial charge in [0, 0.05) is 13.1 Å². The Balaban J connectivity index is 1.74. The summed E-state index contributed by atoms with van der Waals surface area (Å²) in [6.45, 7) is 2.04. The molecule has 0 spiro atoms. The topological polar surface area (TPSA) is 66.0 Å². The van der Waals surface area contributed by atoms with E-state index >= 15 is 0 Å². The van der Waals surface area contributed by atoms with Crippen molar-refractivity contribution in [1.82, 2.24) is 10.1 Å². The van der Waals surface area contributed by atoms with E-state index in [1.54, 1.807) is 0 Å². The number of nitriles is 1. The van der Waals surface area contributed by atoms with Gasteiger partial charge >= 0.3 is 0 Å². The van der Waals surface area contributed by atoms with E-state index in [0.29, 0.717) is 11.8 Å². The van der Waals surface area contributed by atoms with E-state index in [-0.39, 0.29) is 11.8 Å². The molecule has 1 aromatic rings. The number of anilines is 1. The predicted molar refractivity (Wildman–Crippen MR) is 52.2 cm³/mol. The van der Waals surface area contributed by atoms with Gasteiger partial charge in [-0.2, -0.15) is 10.2 Å². The lowest BCUT2D eigenvalue weighted by Gasteiger charge is -2.09. The van der Waals surface area contributed by atoms with Gasteiger partial charge in [0.15, 0.2) is 0 Å². The third kappa shape index (κ3) is 1.46. The maximum Gasteiger partial charge on any atom is 0.266 e. The molecule has 1 aromatic heterocycles. The Morgan fingerprint density at radius 1 is 1.40 bits per heavy atom. The molecule has 2 unspecified atom stereocenters. The van der Waals surface area contributed by atoms with Crippen LogP contribution in [0.15, 0.2) is 4.52 Å². The fourth-order valence-corrected chi connectivity index (χ4v) is 2.03. The summed E-state index contributed by atoms with van der Waals surface area (Å²) < 4.78 is 5.18. The molecular weight excluding hydrogens is 192 g/mol. The maximum atomic E-state index is 8.71. The van der Waals surface area contributed by atoms with Crippen molar-refractivity contribution in [3.63, 3.8) is 0 Å². The van der Waals surface area contributed by atoms with Crippen LogP contribution in [-0.2, 0) is 0 Å². The van der Waals surface area contributed by atoms with Crippen LogP contribution in [0.1, 0.15) is 31.1 Å². The van der Waals surface area contributed by atoms with Crippen LogP contribution in [-0.4, -0.2) is 23.2 Å². The summed E-state index contributed by atoms with van der Waals surface area (Å²) in [6.07, 6.45) is 3.28. The normalized spacial score (nSPS) is 29.1. The van der Waals surface area contributed by atoms with Gasteiger partial charge in [0.2, 0.25) is 5.89 Å². The van der Waals surface area contributed by atoms with Crippen LogP contribution in [0.25, 0.3) is 0 Å². The van der Waals surface area contributed by atoms with Crippen LogP contribution >= 0.6 is 0 Å². The molecule has 1 saturated heterocycles. The van der Waals surface area contributed by atoms with Crippen LogP contribution in [0.4, 0.5) is 5.95 Å². The minimum Gasteiger partial charge on any atom is -0.338 e. The molecule has 78 valence electrons. The second-order valence-corrected chi connectivity index (χ2v) is 4.20. The highest BCUT2D eigenvalue weighted by Crippen LogP contribution is 2.46. The van der Waals surface area contributed by atoms with E-state index in [1.165, 1.54) is 12.8 Å². The van der Waals surface area contributed by atoms with Crippen LogP contribution in [0.2, 0.25) is 0 Å². The van der Waals surface area contributed by atoms with Gasteiger partial charge in [-0.25, -0.2) is 0 Å².